The molecule has 26 heavy (non-hydrogen) atoms. The first-order chi connectivity index (χ1) is 12.7. The van der Waals surface area contributed by atoms with Gasteiger partial charge in [-0.15, -0.1) is 0 Å². The molecule has 0 atom stereocenters. The van der Waals surface area contributed by atoms with Gasteiger partial charge in [-0.3, -0.25) is 4.79 Å². The van der Waals surface area contributed by atoms with Crippen molar-refractivity contribution in [3.63, 3.8) is 0 Å². The van der Waals surface area contributed by atoms with Crippen LogP contribution in [0.25, 0.3) is 0 Å². The van der Waals surface area contributed by atoms with Gasteiger partial charge in [0.05, 0.1) is 6.61 Å². The van der Waals surface area contributed by atoms with E-state index in [9.17, 15) is 9.82 Å². The molecule has 3 heterocycles. The van der Waals surface area contributed by atoms with Crippen LogP contribution in [0.4, 0.5) is 5.95 Å². The van der Waals surface area contributed by atoms with Gasteiger partial charge in [0.2, 0.25) is 5.95 Å². The van der Waals surface area contributed by atoms with Crippen LogP contribution in [0.5, 0.6) is 5.75 Å². The van der Waals surface area contributed by atoms with Gasteiger partial charge in [-0.05, 0) is 29.2 Å². The number of piperazine rings is 1. The second-order valence-corrected chi connectivity index (χ2v) is 6.23. The molecule has 2 aliphatic heterocycles. The quantitative estimate of drug-likeness (QED) is 0.735. The molecule has 1 fully saturated rings. The minimum Gasteiger partial charge on any atom is -0.484 e. The number of nitrogens with zero attached hydrogens (tertiary/aromatic N) is 4. The van der Waals surface area contributed by atoms with E-state index in [0.29, 0.717) is 44.5 Å². The summed E-state index contributed by atoms with van der Waals surface area (Å²) in [5.74, 6) is 1.25. The summed E-state index contributed by atoms with van der Waals surface area (Å²) in [4.78, 5) is 24.7. The number of carbonyl (C=O) groups excluding carboxylic acids is 1. The minimum atomic E-state index is -0.870. The fraction of sp³-hybridized carbons (Fsp3) is 0.353. The predicted octanol–water partition coefficient (Wildman–Crippen LogP) is -0.578. The normalized spacial score (nSPS) is 16.6. The number of ether oxygens (including phenoxy) is 1. The zero-order chi connectivity index (χ0) is 17.9. The average molecular weight is 354 g/mol. The topological polar surface area (TPSA) is 88.0 Å². The van der Waals surface area contributed by atoms with Crippen LogP contribution in [0.1, 0.15) is 5.56 Å². The summed E-state index contributed by atoms with van der Waals surface area (Å²) in [6, 6.07) is 7.11. The molecule has 1 saturated heterocycles. The molecule has 0 aliphatic carbocycles. The molecule has 8 nitrogen and oxygen atoms in total. The third-order valence-electron chi connectivity index (χ3n) is 4.61. The summed E-state index contributed by atoms with van der Waals surface area (Å²) in [7, 11) is -0.870. The van der Waals surface area contributed by atoms with E-state index in [-0.39, 0.29) is 12.5 Å². The zero-order valence-corrected chi connectivity index (χ0v) is 14.2. The Labute approximate surface area is 151 Å². The van der Waals surface area contributed by atoms with E-state index < -0.39 is 7.12 Å². The Bertz CT molecular complexity index is 784. The second kappa shape index (κ2) is 7.31. The number of hydrogen-bond acceptors (Lipinski definition) is 7. The molecule has 0 saturated carbocycles. The Balaban J connectivity index is 1.28. The van der Waals surface area contributed by atoms with Crippen LogP contribution in [-0.4, -0.2) is 65.7 Å². The van der Waals surface area contributed by atoms with Gasteiger partial charge in [0.1, 0.15) is 5.75 Å². The molecular weight excluding hydrogens is 335 g/mol. The van der Waals surface area contributed by atoms with Crippen LogP contribution in [0.2, 0.25) is 0 Å². The van der Waals surface area contributed by atoms with Crippen LogP contribution in [0.15, 0.2) is 36.7 Å². The highest BCUT2D eigenvalue weighted by atomic mass is 16.5. The number of amides is 1. The summed E-state index contributed by atoms with van der Waals surface area (Å²) >= 11 is 0. The maximum absolute atomic E-state index is 12.4. The fourth-order valence-electron chi connectivity index (χ4n) is 3.14. The van der Waals surface area contributed by atoms with Crippen molar-refractivity contribution >= 4 is 24.4 Å². The fourth-order valence-corrected chi connectivity index (χ4v) is 3.14. The molecule has 1 N–H and O–H groups in total. The second-order valence-electron chi connectivity index (χ2n) is 6.23. The van der Waals surface area contributed by atoms with E-state index in [4.69, 9.17) is 9.39 Å². The van der Waals surface area contributed by atoms with Crippen molar-refractivity contribution < 1.29 is 19.2 Å². The molecule has 134 valence electrons. The first-order valence-electron chi connectivity index (χ1n) is 8.56. The minimum absolute atomic E-state index is 0.00989. The summed E-state index contributed by atoms with van der Waals surface area (Å²) in [5, 5.41) is 9.63. The lowest BCUT2D eigenvalue weighted by atomic mass is 9.80. The van der Waals surface area contributed by atoms with E-state index in [1.54, 1.807) is 35.5 Å². The van der Waals surface area contributed by atoms with Gasteiger partial charge in [0, 0.05) is 38.6 Å². The molecule has 0 spiro atoms. The number of carbonyl (C=O) groups is 1. The van der Waals surface area contributed by atoms with E-state index in [1.165, 1.54) is 0 Å². The van der Waals surface area contributed by atoms with Crippen LogP contribution < -0.4 is 15.1 Å². The maximum Gasteiger partial charge on any atom is 0.491 e. The SMILES string of the molecule is O=C(COc1ccc2c(c1)COB2O)N1CCN(c2ncccn2)CC1. The van der Waals surface area contributed by atoms with E-state index in [1.807, 2.05) is 6.07 Å². The summed E-state index contributed by atoms with van der Waals surface area (Å²) < 4.78 is 10.8. The Morgan fingerprint density at radius 1 is 1.23 bits per heavy atom. The highest BCUT2D eigenvalue weighted by Gasteiger charge is 2.27. The molecule has 1 aromatic carbocycles. The molecule has 0 unspecified atom stereocenters. The van der Waals surface area contributed by atoms with Gasteiger partial charge >= 0.3 is 7.12 Å². The third-order valence-corrected chi connectivity index (χ3v) is 4.61. The van der Waals surface area contributed by atoms with E-state index in [2.05, 4.69) is 14.9 Å². The molecule has 1 aromatic heterocycles. The number of anilines is 1. The van der Waals surface area contributed by atoms with Crippen molar-refractivity contribution in [1.29, 1.82) is 0 Å². The smallest absolute Gasteiger partial charge is 0.484 e. The number of fused-ring (bicyclic) bond motifs is 1. The predicted molar refractivity (Wildman–Crippen MR) is 95.2 cm³/mol. The highest BCUT2D eigenvalue weighted by molar-refractivity contribution is 6.61. The van der Waals surface area contributed by atoms with Gasteiger partial charge in [-0.25, -0.2) is 9.97 Å². The zero-order valence-electron chi connectivity index (χ0n) is 14.2. The van der Waals surface area contributed by atoms with Gasteiger partial charge in [-0.2, -0.15) is 0 Å². The Morgan fingerprint density at radius 2 is 2.00 bits per heavy atom. The van der Waals surface area contributed by atoms with Crippen LogP contribution in [0, 0.1) is 0 Å². The van der Waals surface area contributed by atoms with Crippen molar-refractivity contribution in [3.8, 4) is 5.75 Å². The first-order valence-corrected chi connectivity index (χ1v) is 8.56. The van der Waals surface area contributed by atoms with Crippen LogP contribution in [0.3, 0.4) is 0 Å². The molecule has 2 aliphatic rings. The van der Waals surface area contributed by atoms with Gasteiger partial charge < -0.3 is 24.2 Å². The van der Waals surface area contributed by atoms with Gasteiger partial charge in [-0.1, -0.05) is 6.07 Å². The van der Waals surface area contributed by atoms with Gasteiger partial charge in [0.25, 0.3) is 5.91 Å². The van der Waals surface area contributed by atoms with E-state index in [0.717, 1.165) is 11.0 Å². The summed E-state index contributed by atoms with van der Waals surface area (Å²) in [6.07, 6.45) is 3.43. The van der Waals surface area contributed by atoms with Crippen LogP contribution in [-0.2, 0) is 16.1 Å². The molecule has 9 heteroatoms. The summed E-state index contributed by atoms with van der Waals surface area (Å²) in [6.45, 7) is 2.97. The van der Waals surface area contributed by atoms with Crippen molar-refractivity contribution in [3.05, 3.63) is 42.2 Å². The molecule has 1 amide bonds. The maximum atomic E-state index is 12.4. The number of aromatic nitrogens is 2. The Morgan fingerprint density at radius 3 is 2.77 bits per heavy atom. The number of rotatable bonds is 4. The highest BCUT2D eigenvalue weighted by Crippen LogP contribution is 2.17. The van der Waals surface area contributed by atoms with Crippen molar-refractivity contribution in [2.45, 2.75) is 6.61 Å². The van der Waals surface area contributed by atoms with E-state index >= 15 is 0 Å². The number of hydrogen-bond donors (Lipinski definition) is 1. The molecular formula is C17H19BN4O4. The largest absolute Gasteiger partial charge is 0.491 e. The Kier molecular flexibility index (Phi) is 4.72. The Hall–Kier alpha value is -2.65. The molecule has 0 bridgehead atoms. The monoisotopic (exact) mass is 354 g/mol. The lowest BCUT2D eigenvalue weighted by molar-refractivity contribution is -0.133. The molecule has 0 radical (unpaired) electrons. The first kappa shape index (κ1) is 16.8. The van der Waals surface area contributed by atoms with Crippen molar-refractivity contribution in [2.75, 3.05) is 37.7 Å². The third kappa shape index (κ3) is 3.49. The van der Waals surface area contributed by atoms with Gasteiger partial charge in [0.15, 0.2) is 6.61 Å². The summed E-state index contributed by atoms with van der Waals surface area (Å²) in [5.41, 5.74) is 1.64. The lowest BCUT2D eigenvalue weighted by Crippen LogP contribution is -2.50. The lowest BCUT2D eigenvalue weighted by Gasteiger charge is -2.34. The van der Waals surface area contributed by atoms with Crippen LogP contribution >= 0.6 is 0 Å². The van der Waals surface area contributed by atoms with Crippen molar-refractivity contribution in [1.82, 2.24) is 14.9 Å². The average Bonchev–Trinajstić information content (AvgIpc) is 3.07. The molecule has 4 rings (SSSR count). The standard InChI is InChI=1S/C17H19BN4O4/c23-16(12-25-14-2-3-15-13(10-14)11-26-18(15)24)21-6-8-22(9-7-21)17-19-4-1-5-20-17/h1-5,10,24H,6-9,11-12H2. The number of benzene rings is 1. The molecule has 2 aromatic rings. The van der Waals surface area contributed by atoms with Crippen molar-refractivity contribution in [2.24, 2.45) is 0 Å².